The van der Waals surface area contributed by atoms with Crippen LogP contribution in [0.2, 0.25) is 0 Å². The molecule has 0 saturated carbocycles. The molecular weight excluding hydrogens is 434 g/mol. The van der Waals surface area contributed by atoms with E-state index in [0.29, 0.717) is 30.3 Å². The number of hydrogen-bond donors (Lipinski definition) is 8. The van der Waals surface area contributed by atoms with Crippen LogP contribution in [-0.2, 0) is 9.59 Å². The number of H-pyrrole nitrogens is 1. The molecule has 2 unspecified atom stereocenters. The lowest BCUT2D eigenvalue weighted by Crippen LogP contribution is -2.42. The number of nitrogen functional groups attached to an aromatic ring is 1. The van der Waals surface area contributed by atoms with E-state index in [1.165, 1.54) is 19.1 Å². The fraction of sp³-hybridized carbons (Fsp3) is 0.350. The first kappa shape index (κ1) is 23.4. The van der Waals surface area contributed by atoms with Crippen molar-refractivity contribution in [3.63, 3.8) is 0 Å². The Morgan fingerprint density at radius 1 is 1.21 bits per heavy atom. The molecule has 13 nitrogen and oxygen atoms in total. The topological polar surface area (TPSA) is 212 Å². The summed E-state index contributed by atoms with van der Waals surface area (Å²) in [6.45, 7) is 2.33. The van der Waals surface area contributed by atoms with Crippen LogP contribution in [-0.4, -0.2) is 63.2 Å². The van der Waals surface area contributed by atoms with Crippen molar-refractivity contribution in [2.75, 3.05) is 34.8 Å². The number of aliphatic carboxylic acids is 2. The third-order valence-corrected chi connectivity index (χ3v) is 5.12. The number of aromatic amines is 1. The third kappa shape index (κ3) is 5.90. The first-order valence-electron chi connectivity index (χ1n) is 10.1. The van der Waals surface area contributed by atoms with Crippen LogP contribution in [0.15, 0.2) is 29.1 Å². The molecule has 0 bridgehead atoms. The summed E-state index contributed by atoms with van der Waals surface area (Å²) in [6.07, 6.45) is -0.230. The number of aromatic nitrogens is 2. The van der Waals surface area contributed by atoms with Crippen LogP contribution < -0.4 is 32.6 Å². The fourth-order valence-corrected chi connectivity index (χ4v) is 3.25. The zero-order valence-corrected chi connectivity index (χ0v) is 17.7. The average Bonchev–Trinajstić information content (AvgIpc) is 2.77. The van der Waals surface area contributed by atoms with Gasteiger partial charge in [-0.15, -0.1) is 0 Å². The molecule has 176 valence electrons. The van der Waals surface area contributed by atoms with E-state index < -0.39 is 29.8 Å². The van der Waals surface area contributed by atoms with Gasteiger partial charge in [-0.2, -0.15) is 4.98 Å². The van der Waals surface area contributed by atoms with Gasteiger partial charge in [-0.25, -0.2) is 4.79 Å². The summed E-state index contributed by atoms with van der Waals surface area (Å²) in [5.41, 5.74) is 6.40. The largest absolute Gasteiger partial charge is 0.481 e. The minimum Gasteiger partial charge on any atom is -0.481 e. The van der Waals surface area contributed by atoms with Crippen molar-refractivity contribution in [2.24, 2.45) is 5.92 Å². The van der Waals surface area contributed by atoms with E-state index in [2.05, 4.69) is 31.2 Å². The summed E-state index contributed by atoms with van der Waals surface area (Å²) in [7, 11) is 0. The molecule has 0 spiro atoms. The van der Waals surface area contributed by atoms with Gasteiger partial charge < -0.3 is 37.2 Å². The summed E-state index contributed by atoms with van der Waals surface area (Å²) in [5.74, 6) is -3.56. The number of hydrogen-bond acceptors (Lipinski definition) is 9. The normalized spacial score (nSPS) is 16.3. The second kappa shape index (κ2) is 9.89. The third-order valence-electron chi connectivity index (χ3n) is 5.12. The maximum Gasteiger partial charge on any atom is 0.326 e. The minimum atomic E-state index is -1.32. The second-order valence-electron chi connectivity index (χ2n) is 7.69. The molecule has 1 amide bonds. The minimum absolute atomic E-state index is 0.0276. The van der Waals surface area contributed by atoms with Gasteiger partial charge in [-0.3, -0.25) is 19.4 Å². The Kier molecular flexibility index (Phi) is 7.00. The van der Waals surface area contributed by atoms with Crippen molar-refractivity contribution < 1.29 is 24.6 Å². The molecule has 3 rings (SSSR count). The molecule has 2 heterocycles. The molecule has 0 aliphatic carbocycles. The van der Waals surface area contributed by atoms with E-state index in [0.717, 1.165) is 0 Å². The summed E-state index contributed by atoms with van der Waals surface area (Å²) >= 11 is 0. The van der Waals surface area contributed by atoms with Crippen molar-refractivity contribution in [3.8, 4) is 0 Å². The molecule has 33 heavy (non-hydrogen) atoms. The van der Waals surface area contributed by atoms with Crippen LogP contribution in [0.5, 0.6) is 0 Å². The lowest BCUT2D eigenvalue weighted by molar-refractivity contribution is -0.143. The summed E-state index contributed by atoms with van der Waals surface area (Å²) in [4.78, 5) is 53.2. The van der Waals surface area contributed by atoms with Crippen molar-refractivity contribution >= 4 is 41.0 Å². The molecule has 0 saturated heterocycles. The van der Waals surface area contributed by atoms with E-state index in [1.807, 2.05) is 0 Å². The highest BCUT2D eigenvalue weighted by atomic mass is 16.4. The molecule has 9 N–H and O–H groups in total. The maximum absolute atomic E-state index is 12.4. The zero-order valence-electron chi connectivity index (χ0n) is 17.7. The number of nitrogens with zero attached hydrogens (tertiary/aromatic N) is 1. The number of rotatable bonds is 9. The van der Waals surface area contributed by atoms with E-state index in [-0.39, 0.29) is 29.5 Å². The second-order valence-corrected chi connectivity index (χ2v) is 7.69. The number of fused-ring (bicyclic) bond motifs is 1. The van der Waals surface area contributed by atoms with Crippen LogP contribution in [0.25, 0.3) is 0 Å². The molecular formula is C20H25N7O6. The Morgan fingerprint density at radius 3 is 2.55 bits per heavy atom. The van der Waals surface area contributed by atoms with Gasteiger partial charge in [-0.1, -0.05) is 6.92 Å². The molecule has 0 radical (unpaired) electrons. The summed E-state index contributed by atoms with van der Waals surface area (Å²) in [5, 5.41) is 29.9. The van der Waals surface area contributed by atoms with Gasteiger partial charge in [0.05, 0.1) is 12.0 Å². The van der Waals surface area contributed by atoms with Crippen LogP contribution in [0.4, 0.5) is 23.1 Å². The molecule has 1 aromatic carbocycles. The van der Waals surface area contributed by atoms with Crippen molar-refractivity contribution in [1.82, 2.24) is 15.3 Å². The predicted octanol–water partition coefficient (Wildman–Crippen LogP) is -0.0360. The molecule has 0 fully saturated rings. The number of nitrogens with two attached hydrogens (primary N) is 1. The number of carboxylic acid groups (broad SMARTS) is 2. The average molecular weight is 459 g/mol. The molecule has 1 aliphatic heterocycles. The molecule has 3 atom stereocenters. The van der Waals surface area contributed by atoms with Gasteiger partial charge in [0.25, 0.3) is 11.5 Å². The molecule has 1 aliphatic rings. The van der Waals surface area contributed by atoms with Crippen molar-refractivity contribution in [1.29, 1.82) is 0 Å². The first-order valence-corrected chi connectivity index (χ1v) is 10.1. The van der Waals surface area contributed by atoms with Gasteiger partial charge >= 0.3 is 11.9 Å². The summed E-state index contributed by atoms with van der Waals surface area (Å²) < 4.78 is 0. The Hall–Kier alpha value is -4.29. The van der Waals surface area contributed by atoms with Crippen LogP contribution in [0, 0.1) is 5.92 Å². The fourth-order valence-electron chi connectivity index (χ4n) is 3.25. The van der Waals surface area contributed by atoms with E-state index >= 15 is 0 Å². The Balaban J connectivity index is 1.55. The maximum atomic E-state index is 12.4. The lowest BCUT2D eigenvalue weighted by Gasteiger charge is -2.27. The SMILES string of the molecule is CC(CC(NC(=O)c1ccc(NC[C@H]2CNc3nc(N)[nH]c(=O)c3N2)cc1)C(=O)O)C(=O)O. The number of anilines is 4. The number of nitrogens with one attached hydrogen (secondary N) is 5. The van der Waals surface area contributed by atoms with Crippen molar-refractivity contribution in [2.45, 2.75) is 25.4 Å². The van der Waals surface area contributed by atoms with Crippen LogP contribution >= 0.6 is 0 Å². The number of carbonyl (C=O) groups excluding carboxylic acids is 1. The smallest absolute Gasteiger partial charge is 0.326 e. The highest BCUT2D eigenvalue weighted by Gasteiger charge is 2.26. The van der Waals surface area contributed by atoms with Gasteiger partial charge in [0.15, 0.2) is 5.82 Å². The van der Waals surface area contributed by atoms with Gasteiger partial charge in [0.2, 0.25) is 5.95 Å². The standard InChI is InChI=1S/C20H25N7O6/c1-9(18(30)31)6-13(19(32)33)25-16(28)10-2-4-11(5-3-10)22-7-12-8-23-15-14(24-12)17(29)27-20(21)26-15/h2-5,9,12-13,22,24H,6-8H2,1H3,(H,25,28)(H,30,31)(H,32,33)(H4,21,23,26,27,29)/t9?,12-,13?/m0/s1. The van der Waals surface area contributed by atoms with Gasteiger partial charge in [0.1, 0.15) is 11.7 Å². The van der Waals surface area contributed by atoms with E-state index in [9.17, 15) is 24.3 Å². The predicted molar refractivity (Wildman–Crippen MR) is 120 cm³/mol. The van der Waals surface area contributed by atoms with Crippen molar-refractivity contribution in [3.05, 3.63) is 40.2 Å². The number of carbonyl (C=O) groups is 3. The molecule has 1 aromatic heterocycles. The Bertz CT molecular complexity index is 1100. The number of carboxylic acids is 2. The Morgan fingerprint density at radius 2 is 1.91 bits per heavy atom. The monoisotopic (exact) mass is 459 g/mol. The van der Waals surface area contributed by atoms with E-state index in [4.69, 9.17) is 10.8 Å². The first-order chi connectivity index (χ1) is 15.6. The lowest BCUT2D eigenvalue weighted by atomic mass is 10.0. The number of amides is 1. The molecule has 13 heteroatoms. The highest BCUT2D eigenvalue weighted by molar-refractivity contribution is 5.97. The number of benzene rings is 1. The zero-order chi connectivity index (χ0) is 24.1. The Labute approximate surface area is 187 Å². The summed E-state index contributed by atoms with van der Waals surface area (Å²) in [6, 6.07) is 4.92. The van der Waals surface area contributed by atoms with Gasteiger partial charge in [-0.05, 0) is 30.7 Å². The highest BCUT2D eigenvalue weighted by Crippen LogP contribution is 2.20. The molecule has 2 aromatic rings. The van der Waals surface area contributed by atoms with Crippen LogP contribution in [0.3, 0.4) is 0 Å². The quantitative estimate of drug-likeness (QED) is 0.249. The van der Waals surface area contributed by atoms with Crippen LogP contribution in [0.1, 0.15) is 23.7 Å². The van der Waals surface area contributed by atoms with E-state index in [1.54, 1.807) is 12.1 Å². The van der Waals surface area contributed by atoms with Gasteiger partial charge in [0, 0.05) is 24.3 Å².